The van der Waals surface area contributed by atoms with Crippen molar-refractivity contribution < 1.29 is 53.7 Å². The number of H-pyrrole nitrogens is 2. The van der Waals surface area contributed by atoms with Gasteiger partial charge in [-0.05, 0) is 96.8 Å². The number of guanidine groups is 1. The Bertz CT molecular complexity index is 3550. The maximum atomic E-state index is 15.1. The lowest BCUT2D eigenvalue weighted by Gasteiger charge is -2.28. The third-order valence-corrected chi connectivity index (χ3v) is 15.1. The van der Waals surface area contributed by atoms with E-state index in [4.69, 9.17) is 22.9 Å². The molecule has 20 N–H and O–H groups in total. The third-order valence-electron chi connectivity index (χ3n) is 15.1. The van der Waals surface area contributed by atoms with E-state index in [0.29, 0.717) is 52.8 Å². The first kappa shape index (κ1) is 67.9. The van der Waals surface area contributed by atoms with E-state index < -0.39 is 95.7 Å². The molecule has 0 aliphatic rings. The minimum atomic E-state index is -1.51. The lowest BCUT2D eigenvalue weighted by Crippen LogP contribution is -2.61. The number of aromatic nitrogens is 3. The fourth-order valence-electron chi connectivity index (χ4n) is 10.1. The van der Waals surface area contributed by atoms with Gasteiger partial charge in [-0.2, -0.15) is 0 Å². The topological polar surface area (TPSA) is 442 Å². The van der Waals surface area contributed by atoms with E-state index in [-0.39, 0.29) is 81.9 Å². The van der Waals surface area contributed by atoms with Crippen LogP contribution in [0.2, 0.25) is 0 Å². The number of imidazole rings is 1. The van der Waals surface area contributed by atoms with Gasteiger partial charge in [0.1, 0.15) is 53.8 Å². The lowest BCUT2D eigenvalue weighted by molar-refractivity contribution is -0.142. The molecule has 26 nitrogen and oxygen atoms in total. The second-order valence-electron chi connectivity index (χ2n) is 22.1. The summed E-state index contributed by atoms with van der Waals surface area (Å²) in [4.78, 5) is 129. The number of hydrogen-bond acceptors (Lipinski definition) is 14. The van der Waals surface area contributed by atoms with E-state index >= 15 is 14.4 Å². The fraction of sp³-hybridized carbons (Fsp3) is 0.323. The molecule has 0 unspecified atom stereocenters. The number of nitrogens with two attached hydrogens (primary N) is 4. The van der Waals surface area contributed by atoms with Crippen LogP contribution in [0, 0.1) is 0 Å². The minimum Gasteiger partial charge on any atom is -0.508 e. The second-order valence-corrected chi connectivity index (χ2v) is 22.1. The van der Waals surface area contributed by atoms with Gasteiger partial charge in [0.25, 0.3) is 0 Å². The average molecular weight is 1250 g/mol. The van der Waals surface area contributed by atoms with Gasteiger partial charge in [0, 0.05) is 74.1 Å². The van der Waals surface area contributed by atoms with Crippen molar-refractivity contribution in [1.82, 2.24) is 52.2 Å². The molecule has 91 heavy (non-hydrogen) atoms. The van der Waals surface area contributed by atoms with E-state index in [0.717, 1.165) is 10.9 Å². The second kappa shape index (κ2) is 34.2. The van der Waals surface area contributed by atoms with E-state index in [1.54, 1.807) is 85.1 Å². The summed E-state index contributed by atoms with van der Waals surface area (Å²) in [6.45, 7) is 0.469. The van der Waals surface area contributed by atoms with Gasteiger partial charge in [0.15, 0.2) is 5.96 Å². The monoisotopic (exact) mass is 1250 g/mol. The molecule has 7 aromatic rings. The van der Waals surface area contributed by atoms with Crippen molar-refractivity contribution in [1.29, 1.82) is 0 Å². The van der Waals surface area contributed by atoms with Crippen LogP contribution in [0.3, 0.4) is 0 Å². The van der Waals surface area contributed by atoms with E-state index in [9.17, 15) is 39.3 Å². The van der Waals surface area contributed by atoms with Crippen molar-refractivity contribution in [2.45, 2.75) is 119 Å². The number of carbonyl (C=O) groups excluding carboxylic acids is 7. The molecule has 7 rings (SSSR count). The number of carboxylic acids is 1. The van der Waals surface area contributed by atoms with Crippen LogP contribution in [-0.4, -0.2) is 145 Å². The number of aromatic hydroxyl groups is 2. The predicted molar refractivity (Wildman–Crippen MR) is 340 cm³/mol. The van der Waals surface area contributed by atoms with Crippen molar-refractivity contribution >= 4 is 64.2 Å². The molecular weight excluding hydrogens is 1170 g/mol. The maximum absolute atomic E-state index is 15.1. The molecule has 0 fully saturated rings. The predicted octanol–water partition coefficient (Wildman–Crippen LogP) is 1.05. The zero-order valence-corrected chi connectivity index (χ0v) is 50.1. The van der Waals surface area contributed by atoms with Gasteiger partial charge in [-0.15, -0.1) is 0 Å². The van der Waals surface area contributed by atoms with Crippen LogP contribution < -0.4 is 60.2 Å². The first-order valence-electron chi connectivity index (χ1n) is 29.8. The molecule has 8 atom stereocenters. The average Bonchev–Trinajstić information content (AvgIpc) is 1.92. The molecule has 2 aromatic heterocycles. The number of unbranched alkanes of at least 4 members (excludes halogenated alkanes) is 1. The number of fused-ring (bicyclic) bond motifs is 1. The Balaban J connectivity index is 1.18. The number of benzene rings is 5. The quantitative estimate of drug-likeness (QED) is 0.0150. The summed E-state index contributed by atoms with van der Waals surface area (Å²) >= 11 is 0. The first-order chi connectivity index (χ1) is 43.8. The third kappa shape index (κ3) is 21.6. The van der Waals surface area contributed by atoms with Gasteiger partial charge in [0.2, 0.25) is 41.4 Å². The molecule has 0 saturated carbocycles. The van der Waals surface area contributed by atoms with Crippen LogP contribution >= 0.6 is 0 Å². The summed E-state index contributed by atoms with van der Waals surface area (Å²) in [5, 5.41) is 50.5. The van der Waals surface area contributed by atoms with Crippen LogP contribution in [0.25, 0.3) is 10.9 Å². The smallest absolute Gasteiger partial charge is 0.326 e. The molecular formula is C65H79N15O11. The number of aliphatic carboxylic acids is 1. The van der Waals surface area contributed by atoms with Gasteiger partial charge in [0.05, 0.1) is 12.4 Å². The molecule has 0 saturated heterocycles. The van der Waals surface area contributed by atoms with Crippen molar-refractivity contribution in [3.05, 3.63) is 186 Å². The highest BCUT2D eigenvalue weighted by atomic mass is 16.4. The molecule has 7 amide bonds. The number of carboxylic acid groups (broad SMARTS) is 1. The highest BCUT2D eigenvalue weighted by Gasteiger charge is 2.36. The molecule has 0 bridgehead atoms. The Morgan fingerprint density at radius 1 is 0.473 bits per heavy atom. The van der Waals surface area contributed by atoms with Crippen LogP contribution in [-0.2, 0) is 76.9 Å². The molecule has 0 radical (unpaired) electrons. The standard InChI is InChI=1S/C65H79N15O11/c66-28-10-9-19-50(58(84)80-56(64(90)91)33-40-14-5-2-6-15-40)74-59(85)52(30-39-12-3-1-4-13-39)76-61(87)53(32-42-22-26-46(82)27-23-42)77-63(89)55(35-44-37-70-38-73-44)79-62(88)54(34-43-36-72-49-18-8-7-16-47(43)49)78-60(86)51(31-41-20-24-45(81)25-21-41)75-57(83)48(67)17-11-29-71-65(68)69/h1-8,12-16,18,20-27,36-38,48,50-56,72,81-82H,9-11,17,19,28-35,66-67H2,(H,70,73)(H,74,85)(H,75,83)(H,76,87)(H,77,89)(H,78,86)(H,79,88)(H,80,84)(H,90,91)(H4,68,69,71)/t48-,50-,51+,52+,53-,54-,55+,56-/m0/s1. The molecule has 0 aliphatic heterocycles. The SMILES string of the molecule is NCCCC[C@H](NC(=O)[C@@H](Cc1ccccc1)NC(=O)[C@H](Cc1ccc(O)cc1)NC(=O)[C@@H](Cc1cnc[nH]1)NC(=O)[C@H](Cc1c[nH]c2ccccc12)NC(=O)[C@@H](Cc1ccc(O)cc1)NC(=O)[C@@H](N)CCCN=C(N)N)C(=O)N[C@@H](Cc1ccccc1)C(=O)O. The fourth-order valence-corrected chi connectivity index (χ4v) is 10.1. The number of rotatable bonds is 35. The molecule has 480 valence electrons. The Labute approximate surface area is 525 Å². The Hall–Kier alpha value is -10.6. The van der Waals surface area contributed by atoms with Crippen molar-refractivity contribution in [2.75, 3.05) is 13.1 Å². The zero-order chi connectivity index (χ0) is 65.2. The molecule has 26 heteroatoms. The largest absolute Gasteiger partial charge is 0.508 e. The summed E-state index contributed by atoms with van der Waals surface area (Å²) in [6, 6.07) is 25.5. The molecule has 2 heterocycles. The van der Waals surface area contributed by atoms with Crippen molar-refractivity contribution in [3.63, 3.8) is 0 Å². The first-order valence-corrected chi connectivity index (χ1v) is 29.8. The minimum absolute atomic E-state index is 0.0426. The Morgan fingerprint density at radius 2 is 0.901 bits per heavy atom. The number of aliphatic imine (C=N–C) groups is 1. The number of phenols is 2. The van der Waals surface area contributed by atoms with E-state index in [1.165, 1.54) is 48.9 Å². The van der Waals surface area contributed by atoms with Gasteiger partial charge >= 0.3 is 5.97 Å². The van der Waals surface area contributed by atoms with Gasteiger partial charge in [-0.3, -0.25) is 38.6 Å². The molecule has 0 spiro atoms. The highest BCUT2D eigenvalue weighted by Crippen LogP contribution is 2.21. The van der Waals surface area contributed by atoms with Crippen LogP contribution in [0.5, 0.6) is 11.5 Å². The van der Waals surface area contributed by atoms with Gasteiger partial charge < -0.3 is 85.4 Å². The van der Waals surface area contributed by atoms with Gasteiger partial charge in [-0.1, -0.05) is 103 Å². The number of para-hydroxylation sites is 1. The van der Waals surface area contributed by atoms with Crippen LogP contribution in [0.15, 0.2) is 157 Å². The number of aromatic amines is 2. The zero-order valence-electron chi connectivity index (χ0n) is 50.1. The van der Waals surface area contributed by atoms with Crippen LogP contribution in [0.4, 0.5) is 0 Å². The number of hydrogen-bond donors (Lipinski definition) is 16. The summed E-state index contributed by atoms with van der Waals surface area (Å²) in [7, 11) is 0. The molecule has 5 aromatic carbocycles. The Kier molecular flexibility index (Phi) is 25.5. The summed E-state index contributed by atoms with van der Waals surface area (Å²) in [5.41, 5.74) is 27.0. The summed E-state index contributed by atoms with van der Waals surface area (Å²) in [5.74, 6) is -7.27. The van der Waals surface area contributed by atoms with E-state index in [1.807, 2.05) is 18.2 Å². The van der Waals surface area contributed by atoms with Crippen LogP contribution in [0.1, 0.15) is 65.6 Å². The normalized spacial score (nSPS) is 13.7. The number of nitrogens with one attached hydrogen (secondary N) is 9. The lowest BCUT2D eigenvalue weighted by atomic mass is 10.00. The summed E-state index contributed by atoms with van der Waals surface area (Å²) < 4.78 is 0. The number of phenolic OH excluding ortho intramolecular Hbond substituents is 2. The van der Waals surface area contributed by atoms with Crippen molar-refractivity contribution in [3.8, 4) is 11.5 Å². The maximum Gasteiger partial charge on any atom is 0.326 e. The Morgan fingerprint density at radius 3 is 1.38 bits per heavy atom. The van der Waals surface area contributed by atoms with E-state index in [2.05, 4.69) is 57.2 Å². The number of amides is 7. The molecule has 0 aliphatic carbocycles. The highest BCUT2D eigenvalue weighted by molar-refractivity contribution is 5.98. The summed E-state index contributed by atoms with van der Waals surface area (Å²) in [6.07, 6.45) is 4.97. The van der Waals surface area contributed by atoms with Crippen molar-refractivity contribution in [2.24, 2.45) is 27.9 Å². The van der Waals surface area contributed by atoms with Gasteiger partial charge in [-0.25, -0.2) is 9.78 Å². The number of nitrogens with zero attached hydrogens (tertiary/aromatic N) is 2. The number of carbonyl (C=O) groups is 8.